The van der Waals surface area contributed by atoms with Crippen LogP contribution in [0.4, 0.5) is 0 Å². The molecule has 0 aliphatic rings. The Kier molecular flexibility index (Phi) is 4.55. The number of pyridine rings is 1. The van der Waals surface area contributed by atoms with E-state index in [2.05, 4.69) is 56.2 Å². The fourth-order valence-electron chi connectivity index (χ4n) is 2.06. The number of hydrogen-bond acceptors (Lipinski definition) is 2. The van der Waals surface area contributed by atoms with Crippen molar-refractivity contribution in [3.05, 3.63) is 52.5 Å². The molecule has 0 aliphatic heterocycles. The number of nitrogens with zero attached hydrogens (tertiary/aromatic N) is 2. The molecule has 0 spiro atoms. The maximum atomic E-state index is 4.38. The van der Waals surface area contributed by atoms with Crippen LogP contribution >= 0.6 is 15.9 Å². The van der Waals surface area contributed by atoms with Crippen molar-refractivity contribution in [1.29, 1.82) is 0 Å². The second kappa shape index (κ2) is 6.16. The predicted octanol–water partition coefficient (Wildman–Crippen LogP) is 3.36. The van der Waals surface area contributed by atoms with E-state index in [-0.39, 0.29) is 0 Å². The Labute approximate surface area is 116 Å². The minimum Gasteiger partial charge on any atom is -0.348 e. The molecule has 18 heavy (non-hydrogen) atoms. The SMILES string of the molecule is CCC(NC)c1ccn(Cc2ccc(Br)cn2)c1. The number of hydrogen-bond donors (Lipinski definition) is 1. The highest BCUT2D eigenvalue weighted by atomic mass is 79.9. The first-order valence-electron chi connectivity index (χ1n) is 6.16. The van der Waals surface area contributed by atoms with Gasteiger partial charge in [-0.2, -0.15) is 0 Å². The third-order valence-electron chi connectivity index (χ3n) is 3.07. The van der Waals surface area contributed by atoms with Gasteiger partial charge in [-0.05, 0) is 53.2 Å². The molecule has 4 heteroatoms. The van der Waals surface area contributed by atoms with Crippen LogP contribution in [-0.4, -0.2) is 16.6 Å². The van der Waals surface area contributed by atoms with Crippen molar-refractivity contribution < 1.29 is 0 Å². The third-order valence-corrected chi connectivity index (χ3v) is 3.53. The summed E-state index contributed by atoms with van der Waals surface area (Å²) in [6.07, 6.45) is 7.23. The molecule has 2 rings (SSSR count). The van der Waals surface area contributed by atoms with E-state index in [1.54, 1.807) is 0 Å². The molecular formula is C14H18BrN3. The molecule has 2 aromatic rings. The van der Waals surface area contributed by atoms with E-state index in [4.69, 9.17) is 0 Å². The number of aromatic nitrogens is 2. The first-order valence-corrected chi connectivity index (χ1v) is 6.95. The Balaban J connectivity index is 2.08. The number of nitrogens with one attached hydrogen (secondary N) is 1. The van der Waals surface area contributed by atoms with Crippen molar-refractivity contribution in [2.45, 2.75) is 25.9 Å². The van der Waals surface area contributed by atoms with Crippen molar-refractivity contribution in [2.24, 2.45) is 0 Å². The van der Waals surface area contributed by atoms with E-state index in [1.807, 2.05) is 25.4 Å². The minimum atomic E-state index is 0.434. The summed E-state index contributed by atoms with van der Waals surface area (Å²) in [5.41, 5.74) is 2.40. The van der Waals surface area contributed by atoms with Gasteiger partial charge in [0.25, 0.3) is 0 Å². The van der Waals surface area contributed by atoms with Crippen molar-refractivity contribution in [3.63, 3.8) is 0 Å². The van der Waals surface area contributed by atoms with Gasteiger partial charge in [0, 0.05) is 29.1 Å². The highest BCUT2D eigenvalue weighted by Crippen LogP contribution is 2.17. The first-order chi connectivity index (χ1) is 8.72. The van der Waals surface area contributed by atoms with Gasteiger partial charge in [0.2, 0.25) is 0 Å². The van der Waals surface area contributed by atoms with Crippen LogP contribution in [0.5, 0.6) is 0 Å². The Morgan fingerprint density at radius 2 is 2.22 bits per heavy atom. The van der Waals surface area contributed by atoms with E-state index in [0.29, 0.717) is 6.04 Å². The Bertz CT molecular complexity index is 486. The fraction of sp³-hybridized carbons (Fsp3) is 0.357. The Morgan fingerprint density at radius 3 is 2.83 bits per heavy atom. The molecule has 1 N–H and O–H groups in total. The predicted molar refractivity (Wildman–Crippen MR) is 77.6 cm³/mol. The molecule has 2 aromatic heterocycles. The zero-order chi connectivity index (χ0) is 13.0. The molecule has 0 bridgehead atoms. The van der Waals surface area contributed by atoms with Gasteiger partial charge in [0.1, 0.15) is 0 Å². The molecule has 0 aromatic carbocycles. The molecule has 0 fully saturated rings. The van der Waals surface area contributed by atoms with Crippen LogP contribution in [0.25, 0.3) is 0 Å². The van der Waals surface area contributed by atoms with E-state index in [9.17, 15) is 0 Å². The molecule has 1 unspecified atom stereocenters. The second-order valence-electron chi connectivity index (χ2n) is 4.33. The molecular weight excluding hydrogens is 290 g/mol. The zero-order valence-electron chi connectivity index (χ0n) is 10.7. The lowest BCUT2D eigenvalue weighted by Crippen LogP contribution is -2.14. The third kappa shape index (κ3) is 3.21. The van der Waals surface area contributed by atoms with Crippen LogP contribution in [0.2, 0.25) is 0 Å². The summed E-state index contributed by atoms with van der Waals surface area (Å²) in [6.45, 7) is 3.00. The van der Waals surface area contributed by atoms with Gasteiger partial charge in [-0.15, -0.1) is 0 Å². The smallest absolute Gasteiger partial charge is 0.0642 e. The van der Waals surface area contributed by atoms with Gasteiger partial charge < -0.3 is 9.88 Å². The monoisotopic (exact) mass is 307 g/mol. The topological polar surface area (TPSA) is 29.9 Å². The average molecular weight is 308 g/mol. The molecule has 0 aliphatic carbocycles. The maximum Gasteiger partial charge on any atom is 0.0642 e. The lowest BCUT2D eigenvalue weighted by molar-refractivity contribution is 0.575. The first kappa shape index (κ1) is 13.3. The van der Waals surface area contributed by atoms with E-state index < -0.39 is 0 Å². The summed E-state index contributed by atoms with van der Waals surface area (Å²) in [4.78, 5) is 4.38. The van der Waals surface area contributed by atoms with Crippen molar-refractivity contribution in [3.8, 4) is 0 Å². The van der Waals surface area contributed by atoms with Gasteiger partial charge >= 0.3 is 0 Å². The van der Waals surface area contributed by atoms with Gasteiger partial charge in [0.15, 0.2) is 0 Å². The average Bonchev–Trinajstić information content (AvgIpc) is 2.82. The molecule has 0 radical (unpaired) electrons. The summed E-state index contributed by atoms with van der Waals surface area (Å²) in [5, 5.41) is 3.32. The molecule has 0 amide bonds. The fourth-order valence-corrected chi connectivity index (χ4v) is 2.29. The Morgan fingerprint density at radius 1 is 1.39 bits per heavy atom. The van der Waals surface area contributed by atoms with Crippen LogP contribution in [0.15, 0.2) is 41.3 Å². The largest absolute Gasteiger partial charge is 0.348 e. The van der Waals surface area contributed by atoms with Crippen molar-refractivity contribution in [1.82, 2.24) is 14.9 Å². The quantitative estimate of drug-likeness (QED) is 0.918. The van der Waals surface area contributed by atoms with Gasteiger partial charge in [-0.3, -0.25) is 4.98 Å². The summed E-state index contributed by atoms with van der Waals surface area (Å²) >= 11 is 3.40. The summed E-state index contributed by atoms with van der Waals surface area (Å²) in [7, 11) is 2.00. The van der Waals surface area contributed by atoms with Crippen molar-refractivity contribution >= 4 is 15.9 Å². The summed E-state index contributed by atoms with van der Waals surface area (Å²) < 4.78 is 3.19. The Hall–Kier alpha value is -1.13. The molecule has 3 nitrogen and oxygen atoms in total. The highest BCUT2D eigenvalue weighted by Gasteiger charge is 2.08. The van der Waals surface area contributed by atoms with Crippen molar-refractivity contribution in [2.75, 3.05) is 7.05 Å². The van der Waals surface area contributed by atoms with E-state index in [1.165, 1.54) is 5.56 Å². The molecule has 0 saturated heterocycles. The summed E-state index contributed by atoms with van der Waals surface area (Å²) in [5.74, 6) is 0. The molecule has 0 saturated carbocycles. The number of halogens is 1. The zero-order valence-corrected chi connectivity index (χ0v) is 12.3. The van der Waals surface area contributed by atoms with Gasteiger partial charge in [0.05, 0.1) is 12.2 Å². The second-order valence-corrected chi connectivity index (χ2v) is 5.25. The minimum absolute atomic E-state index is 0.434. The molecule has 1 atom stereocenters. The molecule has 2 heterocycles. The van der Waals surface area contributed by atoms with Crippen LogP contribution in [0.1, 0.15) is 30.6 Å². The normalized spacial score (nSPS) is 12.6. The van der Waals surface area contributed by atoms with E-state index >= 15 is 0 Å². The maximum absolute atomic E-state index is 4.38. The van der Waals surface area contributed by atoms with Gasteiger partial charge in [-0.1, -0.05) is 6.92 Å². The van der Waals surface area contributed by atoms with Crippen LogP contribution < -0.4 is 5.32 Å². The number of rotatable bonds is 5. The standard InChI is InChI=1S/C14H18BrN3/c1-3-14(16-2)11-6-7-18(9-11)10-13-5-4-12(15)8-17-13/h4-9,14,16H,3,10H2,1-2H3. The van der Waals surface area contributed by atoms with Crippen LogP contribution in [-0.2, 0) is 6.54 Å². The highest BCUT2D eigenvalue weighted by molar-refractivity contribution is 9.10. The van der Waals surface area contributed by atoms with E-state index in [0.717, 1.165) is 23.1 Å². The van der Waals surface area contributed by atoms with Gasteiger partial charge in [-0.25, -0.2) is 0 Å². The van der Waals surface area contributed by atoms with Crippen LogP contribution in [0.3, 0.4) is 0 Å². The molecule has 96 valence electrons. The lowest BCUT2D eigenvalue weighted by Gasteiger charge is -2.11. The summed E-state index contributed by atoms with van der Waals surface area (Å²) in [6, 6.07) is 6.67. The lowest BCUT2D eigenvalue weighted by atomic mass is 10.1. The van der Waals surface area contributed by atoms with Crippen LogP contribution in [0, 0.1) is 0 Å².